The lowest BCUT2D eigenvalue weighted by Crippen LogP contribution is -2.15. The third kappa shape index (κ3) is 4.32. The van der Waals surface area contributed by atoms with E-state index in [1.807, 2.05) is 42.8 Å². The molecule has 0 aliphatic carbocycles. The summed E-state index contributed by atoms with van der Waals surface area (Å²) in [5, 5.41) is 22.5. The highest BCUT2D eigenvalue weighted by atomic mass is 32.2. The van der Waals surface area contributed by atoms with Crippen molar-refractivity contribution in [1.82, 2.24) is 14.8 Å². The molecule has 0 radical (unpaired) electrons. The van der Waals surface area contributed by atoms with Crippen molar-refractivity contribution in [2.75, 3.05) is 11.1 Å². The second kappa shape index (κ2) is 8.00. The van der Waals surface area contributed by atoms with Crippen molar-refractivity contribution in [2.45, 2.75) is 12.1 Å². The van der Waals surface area contributed by atoms with Crippen molar-refractivity contribution in [1.29, 1.82) is 0 Å². The maximum Gasteiger partial charge on any atom is 0.292 e. The fourth-order valence-electron chi connectivity index (χ4n) is 2.45. The van der Waals surface area contributed by atoms with E-state index in [9.17, 15) is 14.9 Å². The fourth-order valence-corrected chi connectivity index (χ4v) is 3.16. The highest BCUT2D eigenvalue weighted by Gasteiger charge is 2.16. The van der Waals surface area contributed by atoms with Gasteiger partial charge in [0.25, 0.3) is 5.69 Å². The van der Waals surface area contributed by atoms with E-state index in [0.717, 1.165) is 11.1 Å². The molecule has 27 heavy (non-hydrogen) atoms. The number of carbonyl (C=O) groups excluding carboxylic acids is 1. The molecule has 0 saturated heterocycles. The van der Waals surface area contributed by atoms with Crippen LogP contribution in [-0.4, -0.2) is 31.3 Å². The second-order valence-electron chi connectivity index (χ2n) is 5.84. The van der Waals surface area contributed by atoms with Crippen LogP contribution in [0.1, 0.15) is 5.56 Å². The van der Waals surface area contributed by atoms with E-state index in [0.29, 0.717) is 11.0 Å². The SMILES string of the molecule is Cc1ccc(-c2nnc(SCC(=O)Nc3ccccc3[N+](=O)[O-])n2C)cc1. The number of anilines is 1. The number of hydrogen-bond donors (Lipinski definition) is 1. The summed E-state index contributed by atoms with van der Waals surface area (Å²) in [5.41, 5.74) is 2.12. The molecule has 1 heterocycles. The Bertz CT molecular complexity index is 985. The van der Waals surface area contributed by atoms with Crippen LogP contribution in [0.2, 0.25) is 0 Å². The Morgan fingerprint density at radius 2 is 1.89 bits per heavy atom. The summed E-state index contributed by atoms with van der Waals surface area (Å²) in [6, 6.07) is 14.0. The van der Waals surface area contributed by atoms with Crippen molar-refractivity contribution in [3.8, 4) is 11.4 Å². The van der Waals surface area contributed by atoms with E-state index in [-0.39, 0.29) is 23.0 Å². The highest BCUT2D eigenvalue weighted by Crippen LogP contribution is 2.25. The van der Waals surface area contributed by atoms with E-state index in [4.69, 9.17) is 0 Å². The van der Waals surface area contributed by atoms with Gasteiger partial charge in [-0.1, -0.05) is 53.7 Å². The molecule has 3 rings (SSSR count). The van der Waals surface area contributed by atoms with Crippen molar-refractivity contribution in [2.24, 2.45) is 7.05 Å². The number of aromatic nitrogens is 3. The zero-order valence-electron chi connectivity index (χ0n) is 14.7. The van der Waals surface area contributed by atoms with Crippen molar-refractivity contribution < 1.29 is 9.72 Å². The molecule has 0 saturated carbocycles. The first-order valence-corrected chi connectivity index (χ1v) is 9.07. The Balaban J connectivity index is 1.66. The topological polar surface area (TPSA) is 103 Å². The number of amides is 1. The second-order valence-corrected chi connectivity index (χ2v) is 6.78. The van der Waals surface area contributed by atoms with Gasteiger partial charge in [0.05, 0.1) is 10.7 Å². The number of nitro groups is 1. The minimum Gasteiger partial charge on any atom is -0.320 e. The van der Waals surface area contributed by atoms with Crippen LogP contribution < -0.4 is 5.32 Å². The molecule has 9 heteroatoms. The molecule has 0 bridgehead atoms. The summed E-state index contributed by atoms with van der Waals surface area (Å²) in [4.78, 5) is 22.7. The number of rotatable bonds is 6. The highest BCUT2D eigenvalue weighted by molar-refractivity contribution is 7.99. The quantitative estimate of drug-likeness (QED) is 0.397. The summed E-state index contributed by atoms with van der Waals surface area (Å²) >= 11 is 1.21. The molecule has 0 spiro atoms. The standard InChI is InChI=1S/C18H17N5O3S/c1-12-7-9-13(10-8-12)17-20-21-18(22(17)2)27-11-16(24)19-14-5-3-4-6-15(14)23(25)26/h3-10H,11H2,1-2H3,(H,19,24). The van der Waals surface area contributed by atoms with Crippen molar-refractivity contribution in [3.63, 3.8) is 0 Å². The van der Waals surface area contributed by atoms with E-state index in [1.54, 1.807) is 12.1 Å². The summed E-state index contributed by atoms with van der Waals surface area (Å²) in [7, 11) is 1.83. The van der Waals surface area contributed by atoms with Gasteiger partial charge in [0.2, 0.25) is 5.91 Å². The van der Waals surface area contributed by atoms with E-state index in [1.165, 1.54) is 23.9 Å². The Morgan fingerprint density at radius 1 is 1.19 bits per heavy atom. The number of nitro benzene ring substituents is 1. The Morgan fingerprint density at radius 3 is 2.59 bits per heavy atom. The van der Waals surface area contributed by atoms with Crippen LogP contribution >= 0.6 is 11.8 Å². The van der Waals surface area contributed by atoms with Crippen LogP contribution in [0, 0.1) is 17.0 Å². The molecule has 0 atom stereocenters. The van der Waals surface area contributed by atoms with Crippen molar-refractivity contribution in [3.05, 3.63) is 64.2 Å². The first-order chi connectivity index (χ1) is 13.0. The molecule has 1 aromatic heterocycles. The number of thioether (sulfide) groups is 1. The molecular formula is C18H17N5O3S. The van der Waals surface area contributed by atoms with Gasteiger partial charge < -0.3 is 9.88 Å². The summed E-state index contributed by atoms with van der Waals surface area (Å²) in [6.07, 6.45) is 0. The Labute approximate surface area is 159 Å². The van der Waals surface area contributed by atoms with Gasteiger partial charge in [0, 0.05) is 18.7 Å². The first-order valence-electron chi connectivity index (χ1n) is 8.08. The van der Waals surface area contributed by atoms with Gasteiger partial charge in [0.15, 0.2) is 11.0 Å². The number of aryl methyl sites for hydroxylation is 1. The average molecular weight is 383 g/mol. The lowest BCUT2D eigenvalue weighted by Gasteiger charge is -2.06. The largest absolute Gasteiger partial charge is 0.320 e. The molecule has 3 aromatic rings. The summed E-state index contributed by atoms with van der Waals surface area (Å²) < 4.78 is 1.81. The van der Waals surface area contributed by atoms with Crippen LogP contribution in [0.15, 0.2) is 53.7 Å². The molecule has 0 unspecified atom stereocenters. The van der Waals surface area contributed by atoms with Gasteiger partial charge in [0.1, 0.15) is 5.69 Å². The summed E-state index contributed by atoms with van der Waals surface area (Å²) in [6.45, 7) is 2.01. The molecule has 138 valence electrons. The predicted molar refractivity (Wildman–Crippen MR) is 104 cm³/mol. The average Bonchev–Trinajstić information content (AvgIpc) is 3.01. The molecule has 2 aromatic carbocycles. The van der Waals surface area contributed by atoms with E-state index < -0.39 is 4.92 Å². The zero-order chi connectivity index (χ0) is 19.4. The number of nitrogens with zero attached hydrogens (tertiary/aromatic N) is 4. The van der Waals surface area contributed by atoms with E-state index >= 15 is 0 Å². The number of hydrogen-bond acceptors (Lipinski definition) is 6. The molecule has 8 nitrogen and oxygen atoms in total. The number of carbonyl (C=O) groups is 1. The Kier molecular flexibility index (Phi) is 5.51. The van der Waals surface area contributed by atoms with E-state index in [2.05, 4.69) is 15.5 Å². The smallest absolute Gasteiger partial charge is 0.292 e. The van der Waals surface area contributed by atoms with Gasteiger partial charge in [-0.15, -0.1) is 10.2 Å². The van der Waals surface area contributed by atoms with Gasteiger partial charge >= 0.3 is 0 Å². The third-order valence-electron chi connectivity index (χ3n) is 3.85. The first kappa shape index (κ1) is 18.6. The van der Waals surface area contributed by atoms with Crippen LogP contribution in [-0.2, 0) is 11.8 Å². The molecule has 0 aliphatic rings. The molecular weight excluding hydrogens is 366 g/mol. The van der Waals surface area contributed by atoms with Gasteiger partial charge in [-0.25, -0.2) is 0 Å². The van der Waals surface area contributed by atoms with Gasteiger partial charge in [-0.2, -0.15) is 0 Å². The maximum atomic E-state index is 12.2. The summed E-state index contributed by atoms with van der Waals surface area (Å²) in [5.74, 6) is 0.414. The monoisotopic (exact) mass is 383 g/mol. The normalized spacial score (nSPS) is 10.6. The molecule has 1 amide bonds. The van der Waals surface area contributed by atoms with Crippen LogP contribution in [0.4, 0.5) is 11.4 Å². The number of benzene rings is 2. The van der Waals surface area contributed by atoms with Crippen LogP contribution in [0.3, 0.4) is 0 Å². The number of para-hydroxylation sites is 2. The van der Waals surface area contributed by atoms with Gasteiger partial charge in [-0.3, -0.25) is 14.9 Å². The predicted octanol–water partition coefficient (Wildman–Crippen LogP) is 3.43. The van der Waals surface area contributed by atoms with Gasteiger partial charge in [-0.05, 0) is 13.0 Å². The van der Waals surface area contributed by atoms with Crippen molar-refractivity contribution >= 4 is 29.0 Å². The molecule has 1 N–H and O–H groups in total. The van der Waals surface area contributed by atoms with Crippen LogP contribution in [0.5, 0.6) is 0 Å². The number of nitrogens with one attached hydrogen (secondary N) is 1. The molecule has 0 fully saturated rings. The fraction of sp³-hybridized carbons (Fsp3) is 0.167. The third-order valence-corrected chi connectivity index (χ3v) is 4.87. The maximum absolute atomic E-state index is 12.2. The molecule has 0 aliphatic heterocycles. The van der Waals surface area contributed by atoms with Crippen LogP contribution in [0.25, 0.3) is 11.4 Å². The Hall–Kier alpha value is -3.20. The minimum absolute atomic E-state index is 0.0614. The lowest BCUT2D eigenvalue weighted by molar-refractivity contribution is -0.383. The zero-order valence-corrected chi connectivity index (χ0v) is 15.6. The minimum atomic E-state index is -0.528. The lowest BCUT2D eigenvalue weighted by atomic mass is 10.1.